The Morgan fingerprint density at radius 1 is 1.15 bits per heavy atom. The normalized spacial score (nSPS) is 10.8. The molecule has 2 aromatic heterocycles. The van der Waals surface area contributed by atoms with Gasteiger partial charge in [0.2, 0.25) is 11.8 Å². The molecule has 0 bridgehead atoms. The van der Waals surface area contributed by atoms with E-state index >= 15 is 0 Å². The van der Waals surface area contributed by atoms with Gasteiger partial charge in [-0.2, -0.15) is 0 Å². The molecule has 1 aromatic carbocycles. The second-order valence-corrected chi connectivity index (χ2v) is 4.30. The number of hydrogen-bond donors (Lipinski definition) is 1. The van der Waals surface area contributed by atoms with E-state index in [0.717, 1.165) is 11.3 Å². The van der Waals surface area contributed by atoms with Crippen LogP contribution in [-0.2, 0) is 13.1 Å². The minimum absolute atomic E-state index is 0.413. The van der Waals surface area contributed by atoms with E-state index in [1.807, 2.05) is 43.6 Å². The van der Waals surface area contributed by atoms with Gasteiger partial charge >= 0.3 is 0 Å². The van der Waals surface area contributed by atoms with E-state index in [9.17, 15) is 0 Å². The Morgan fingerprint density at radius 3 is 2.80 bits per heavy atom. The van der Waals surface area contributed by atoms with Crippen molar-refractivity contribution < 1.29 is 4.42 Å². The number of aromatic nitrogens is 5. The molecule has 0 aliphatic heterocycles. The molecular weight excluding hydrogens is 256 g/mol. The molecule has 0 unspecified atom stereocenters. The number of benzene rings is 1. The van der Waals surface area contributed by atoms with Crippen LogP contribution in [-0.4, -0.2) is 32.2 Å². The predicted molar refractivity (Wildman–Crippen MR) is 71.6 cm³/mol. The van der Waals surface area contributed by atoms with Gasteiger partial charge in [0.15, 0.2) is 0 Å². The molecule has 7 nitrogen and oxygen atoms in total. The Morgan fingerprint density at radius 2 is 2.00 bits per heavy atom. The van der Waals surface area contributed by atoms with Crippen molar-refractivity contribution in [3.63, 3.8) is 0 Å². The highest BCUT2D eigenvalue weighted by molar-refractivity contribution is 5.51. The van der Waals surface area contributed by atoms with Crippen LogP contribution in [0.15, 0.2) is 40.9 Å². The maximum Gasteiger partial charge on any atom is 0.247 e. The highest BCUT2D eigenvalue weighted by Gasteiger charge is 2.09. The molecule has 0 amide bonds. The average Bonchev–Trinajstić information content (AvgIpc) is 3.11. The molecule has 3 rings (SSSR count). The summed E-state index contributed by atoms with van der Waals surface area (Å²) in [7, 11) is 1.86. The summed E-state index contributed by atoms with van der Waals surface area (Å²) >= 11 is 0. The largest absolute Gasteiger partial charge is 0.419 e. The Labute approximate surface area is 115 Å². The van der Waals surface area contributed by atoms with Crippen molar-refractivity contribution in [2.24, 2.45) is 0 Å². The van der Waals surface area contributed by atoms with Gasteiger partial charge < -0.3 is 9.73 Å². The molecule has 0 radical (unpaired) electrons. The average molecular weight is 270 g/mol. The lowest BCUT2D eigenvalue weighted by Crippen LogP contribution is -2.05. The fraction of sp³-hybridized carbons (Fsp3) is 0.231. The van der Waals surface area contributed by atoms with E-state index < -0.39 is 0 Å². The van der Waals surface area contributed by atoms with Crippen molar-refractivity contribution in [3.8, 4) is 11.5 Å². The zero-order valence-corrected chi connectivity index (χ0v) is 11.0. The topological polar surface area (TPSA) is 81.7 Å². The van der Waals surface area contributed by atoms with Crippen molar-refractivity contribution in [1.82, 2.24) is 30.5 Å². The fourth-order valence-electron chi connectivity index (χ4n) is 1.83. The van der Waals surface area contributed by atoms with Gasteiger partial charge in [-0.1, -0.05) is 23.4 Å². The summed E-state index contributed by atoms with van der Waals surface area (Å²) in [5.41, 5.74) is 1.77. The molecule has 0 fully saturated rings. The standard InChI is InChI=1S/C13H14N6O/c1-14-7-11-8-19(18-15-11)9-12-16-17-13(20-12)10-5-3-2-4-6-10/h2-6,8,14H,7,9H2,1H3. The van der Waals surface area contributed by atoms with Gasteiger partial charge in [-0.05, 0) is 19.2 Å². The van der Waals surface area contributed by atoms with Gasteiger partial charge in [0.25, 0.3) is 0 Å². The Balaban J connectivity index is 1.73. The van der Waals surface area contributed by atoms with E-state index in [4.69, 9.17) is 4.42 Å². The highest BCUT2D eigenvalue weighted by Crippen LogP contribution is 2.17. The maximum atomic E-state index is 5.62. The minimum Gasteiger partial charge on any atom is -0.419 e. The molecule has 3 aromatic rings. The second-order valence-electron chi connectivity index (χ2n) is 4.30. The molecule has 0 saturated heterocycles. The van der Waals surface area contributed by atoms with Crippen LogP contribution < -0.4 is 5.32 Å². The summed E-state index contributed by atoms with van der Waals surface area (Å²) in [4.78, 5) is 0. The number of nitrogens with one attached hydrogen (secondary N) is 1. The third kappa shape index (κ3) is 2.72. The van der Waals surface area contributed by atoms with Crippen molar-refractivity contribution in [1.29, 1.82) is 0 Å². The van der Waals surface area contributed by atoms with E-state index in [1.54, 1.807) is 4.68 Å². The molecule has 0 atom stereocenters. The minimum atomic E-state index is 0.413. The summed E-state index contributed by atoms with van der Waals surface area (Å²) < 4.78 is 7.29. The van der Waals surface area contributed by atoms with Crippen LogP contribution >= 0.6 is 0 Å². The van der Waals surface area contributed by atoms with Crippen LogP contribution in [0.25, 0.3) is 11.5 Å². The Hall–Kier alpha value is -2.54. The maximum absolute atomic E-state index is 5.62. The first-order valence-electron chi connectivity index (χ1n) is 6.26. The lowest BCUT2D eigenvalue weighted by atomic mass is 10.2. The van der Waals surface area contributed by atoms with Crippen LogP contribution in [0.4, 0.5) is 0 Å². The quantitative estimate of drug-likeness (QED) is 0.747. The van der Waals surface area contributed by atoms with Crippen LogP contribution in [0.1, 0.15) is 11.6 Å². The monoisotopic (exact) mass is 270 g/mol. The van der Waals surface area contributed by atoms with Gasteiger partial charge in [-0.3, -0.25) is 0 Å². The summed E-state index contributed by atoms with van der Waals surface area (Å²) in [6, 6.07) is 9.66. The fourth-order valence-corrected chi connectivity index (χ4v) is 1.83. The zero-order valence-electron chi connectivity index (χ0n) is 11.0. The van der Waals surface area contributed by atoms with Crippen LogP contribution in [0.3, 0.4) is 0 Å². The van der Waals surface area contributed by atoms with Gasteiger partial charge in [-0.25, -0.2) is 4.68 Å². The first-order valence-corrected chi connectivity index (χ1v) is 6.26. The van der Waals surface area contributed by atoms with Crippen LogP contribution in [0.2, 0.25) is 0 Å². The Bertz CT molecular complexity index is 675. The van der Waals surface area contributed by atoms with Crippen molar-refractivity contribution in [3.05, 3.63) is 48.1 Å². The summed E-state index contributed by atoms with van der Waals surface area (Å²) in [5.74, 6) is 1.01. The zero-order chi connectivity index (χ0) is 13.8. The SMILES string of the molecule is CNCc1cn(Cc2nnc(-c3ccccc3)o2)nn1. The lowest BCUT2D eigenvalue weighted by molar-refractivity contribution is 0.469. The molecular formula is C13H14N6O. The van der Waals surface area contributed by atoms with E-state index in [1.165, 1.54) is 0 Å². The van der Waals surface area contributed by atoms with E-state index in [2.05, 4.69) is 25.8 Å². The van der Waals surface area contributed by atoms with Gasteiger partial charge in [-0.15, -0.1) is 15.3 Å². The van der Waals surface area contributed by atoms with E-state index in [0.29, 0.717) is 24.9 Å². The number of rotatable bonds is 5. The van der Waals surface area contributed by atoms with Crippen molar-refractivity contribution >= 4 is 0 Å². The predicted octanol–water partition coefficient (Wildman–Crippen LogP) is 1.10. The molecule has 2 heterocycles. The van der Waals surface area contributed by atoms with Gasteiger partial charge in [0, 0.05) is 12.1 Å². The molecule has 1 N–H and O–H groups in total. The first-order chi connectivity index (χ1) is 9.85. The van der Waals surface area contributed by atoms with Crippen LogP contribution in [0, 0.1) is 0 Å². The van der Waals surface area contributed by atoms with E-state index in [-0.39, 0.29) is 0 Å². The second kappa shape index (κ2) is 5.62. The van der Waals surface area contributed by atoms with Gasteiger partial charge in [0.05, 0.1) is 11.9 Å². The molecule has 0 aliphatic rings. The molecule has 102 valence electrons. The highest BCUT2D eigenvalue weighted by atomic mass is 16.4. The molecule has 0 spiro atoms. The number of hydrogen-bond acceptors (Lipinski definition) is 6. The number of nitrogens with zero attached hydrogens (tertiary/aromatic N) is 5. The molecule has 20 heavy (non-hydrogen) atoms. The Kier molecular flexibility index (Phi) is 3.51. The van der Waals surface area contributed by atoms with Crippen molar-refractivity contribution in [2.75, 3.05) is 7.05 Å². The van der Waals surface area contributed by atoms with Gasteiger partial charge in [0.1, 0.15) is 6.54 Å². The third-order valence-electron chi connectivity index (χ3n) is 2.73. The summed E-state index contributed by atoms with van der Waals surface area (Å²) in [6.45, 7) is 1.09. The summed E-state index contributed by atoms with van der Waals surface area (Å²) in [5, 5.41) is 19.1. The molecule has 7 heteroatoms. The summed E-state index contributed by atoms with van der Waals surface area (Å²) in [6.07, 6.45) is 1.85. The van der Waals surface area contributed by atoms with Crippen LogP contribution in [0.5, 0.6) is 0 Å². The smallest absolute Gasteiger partial charge is 0.247 e. The van der Waals surface area contributed by atoms with Crippen molar-refractivity contribution in [2.45, 2.75) is 13.1 Å². The molecule has 0 saturated carbocycles. The first kappa shape index (κ1) is 12.5. The molecule has 0 aliphatic carbocycles. The third-order valence-corrected chi connectivity index (χ3v) is 2.73. The lowest BCUT2D eigenvalue weighted by Gasteiger charge is -1.94.